The second-order valence-corrected chi connectivity index (χ2v) is 7.49. The van der Waals surface area contributed by atoms with E-state index in [0.717, 1.165) is 43.6 Å². The molecule has 6 nitrogen and oxygen atoms in total. The van der Waals surface area contributed by atoms with Crippen molar-refractivity contribution >= 4 is 35.1 Å². The molecule has 1 atom stereocenters. The maximum atomic E-state index is 11.1. The van der Waals surface area contributed by atoms with Crippen LogP contribution < -0.4 is 10.4 Å². The molecule has 3 rings (SSSR count). The van der Waals surface area contributed by atoms with Crippen LogP contribution in [0, 0.1) is 0 Å². The van der Waals surface area contributed by atoms with Gasteiger partial charge >= 0.3 is 0 Å². The second-order valence-electron chi connectivity index (χ2n) is 7.08. The maximum Gasteiger partial charge on any atom is 0.243 e. The first kappa shape index (κ1) is 21.9. The highest BCUT2D eigenvalue weighted by molar-refractivity contribution is 6.33. The molecule has 0 fully saturated rings. The van der Waals surface area contributed by atoms with Gasteiger partial charge in [0.25, 0.3) is 0 Å². The third kappa shape index (κ3) is 5.84. The molecule has 158 valence electrons. The van der Waals surface area contributed by atoms with E-state index < -0.39 is 0 Å². The lowest BCUT2D eigenvalue weighted by Crippen LogP contribution is -2.44. The number of amides is 1. The summed E-state index contributed by atoms with van der Waals surface area (Å²) in [4.78, 5) is 20.2. The number of para-hydroxylation sites is 2. The molecule has 7 heteroatoms. The Hall–Kier alpha value is -2.83. The Bertz CT molecular complexity index is 873. The summed E-state index contributed by atoms with van der Waals surface area (Å²) in [5, 5.41) is 9.23. The zero-order valence-electron chi connectivity index (χ0n) is 16.8. The molecule has 0 aliphatic carbocycles. The number of rotatable bonds is 10. The van der Waals surface area contributed by atoms with Crippen molar-refractivity contribution in [1.82, 2.24) is 10.4 Å². The number of hydroxylamine groups is 1. The number of carbonyl (C=O) groups is 1. The molecule has 30 heavy (non-hydrogen) atoms. The van der Waals surface area contributed by atoms with E-state index in [4.69, 9.17) is 21.8 Å². The van der Waals surface area contributed by atoms with Gasteiger partial charge in [0, 0.05) is 31.1 Å². The quantitative estimate of drug-likeness (QED) is 0.314. The summed E-state index contributed by atoms with van der Waals surface area (Å²) in [6.45, 7) is 0.832. The monoisotopic (exact) mass is 426 g/mol. The zero-order valence-corrected chi connectivity index (χ0v) is 17.6. The predicted octanol–water partition coefficient (Wildman–Crippen LogP) is 5.12. The third-order valence-corrected chi connectivity index (χ3v) is 5.27. The first-order valence-corrected chi connectivity index (χ1v) is 10.6. The smallest absolute Gasteiger partial charge is 0.243 e. The molecular formula is C23H27ClN4O2. The van der Waals surface area contributed by atoms with Crippen LogP contribution >= 0.6 is 11.6 Å². The van der Waals surface area contributed by atoms with Gasteiger partial charge in [0.2, 0.25) is 12.2 Å². The summed E-state index contributed by atoms with van der Waals surface area (Å²) >= 11 is 6.55. The summed E-state index contributed by atoms with van der Waals surface area (Å²) in [7, 11) is 0. The van der Waals surface area contributed by atoms with Gasteiger partial charge in [0.05, 0.1) is 10.7 Å². The number of benzene rings is 2. The standard InChI is InChI=1S/C23H27ClN4O2/c24-20-13-7-8-14-21(20)28(19-11-4-3-5-12-19)23-25-16-10-18-27(23)17-9-2-1-6-15-22(29)26-30/h3-5,7-8,10-14,16,18,23,30H,1-2,6,9,15,17H2,(H,26,29). The largest absolute Gasteiger partial charge is 0.339 e. The number of aliphatic imine (C=N–C) groups is 1. The van der Waals surface area contributed by atoms with E-state index in [1.807, 2.05) is 54.8 Å². The second kappa shape index (κ2) is 11.4. The molecule has 1 aliphatic heterocycles. The van der Waals surface area contributed by atoms with Gasteiger partial charge in [-0.15, -0.1) is 0 Å². The van der Waals surface area contributed by atoms with Crippen molar-refractivity contribution in [3.8, 4) is 0 Å². The van der Waals surface area contributed by atoms with E-state index >= 15 is 0 Å². The SMILES string of the molecule is O=C(CCCCCCN1C=CC=NC1N(c1ccccc1)c1ccccc1Cl)NO. The summed E-state index contributed by atoms with van der Waals surface area (Å²) in [5.41, 5.74) is 3.60. The van der Waals surface area contributed by atoms with E-state index in [9.17, 15) is 4.79 Å². The van der Waals surface area contributed by atoms with Gasteiger partial charge in [0.1, 0.15) is 0 Å². The van der Waals surface area contributed by atoms with E-state index in [2.05, 4.69) is 28.1 Å². The van der Waals surface area contributed by atoms with Crippen LogP contribution in [0.2, 0.25) is 5.02 Å². The van der Waals surface area contributed by atoms with Gasteiger partial charge in [-0.25, -0.2) is 10.5 Å². The summed E-state index contributed by atoms with van der Waals surface area (Å²) in [5.74, 6) is -0.332. The van der Waals surface area contributed by atoms with Gasteiger partial charge in [0.15, 0.2) is 0 Å². The molecule has 0 radical (unpaired) electrons. The molecular weight excluding hydrogens is 400 g/mol. The van der Waals surface area contributed by atoms with Gasteiger partial charge in [-0.05, 0) is 43.2 Å². The van der Waals surface area contributed by atoms with Crippen LogP contribution in [0.1, 0.15) is 32.1 Å². The van der Waals surface area contributed by atoms with Crippen molar-refractivity contribution in [2.45, 2.75) is 38.4 Å². The topological polar surface area (TPSA) is 68.2 Å². The number of carbonyl (C=O) groups excluding carboxylic acids is 1. The number of unbranched alkanes of at least 4 members (excludes halogenated alkanes) is 3. The Morgan fingerprint density at radius 2 is 1.80 bits per heavy atom. The number of hydrogen-bond acceptors (Lipinski definition) is 5. The van der Waals surface area contributed by atoms with Crippen LogP contribution in [-0.4, -0.2) is 35.1 Å². The molecule has 0 saturated carbocycles. The molecule has 0 saturated heterocycles. The number of anilines is 2. The molecule has 0 spiro atoms. The Morgan fingerprint density at radius 3 is 2.57 bits per heavy atom. The van der Waals surface area contributed by atoms with Crippen LogP contribution in [-0.2, 0) is 4.79 Å². The van der Waals surface area contributed by atoms with Crippen molar-refractivity contribution < 1.29 is 10.0 Å². The first-order chi connectivity index (χ1) is 14.7. The van der Waals surface area contributed by atoms with Gasteiger partial charge in [-0.2, -0.15) is 0 Å². The fourth-order valence-electron chi connectivity index (χ4n) is 3.47. The summed E-state index contributed by atoms with van der Waals surface area (Å²) in [6, 6.07) is 17.9. The Labute approximate surface area is 182 Å². The van der Waals surface area contributed by atoms with Crippen molar-refractivity contribution in [2.24, 2.45) is 4.99 Å². The Morgan fingerprint density at radius 1 is 1.07 bits per heavy atom. The minimum atomic E-state index is -0.332. The average molecular weight is 427 g/mol. The molecule has 0 bridgehead atoms. The van der Waals surface area contributed by atoms with E-state index in [-0.39, 0.29) is 12.2 Å². The first-order valence-electron chi connectivity index (χ1n) is 10.2. The molecule has 2 aromatic carbocycles. The lowest BCUT2D eigenvalue weighted by Gasteiger charge is -2.39. The minimum Gasteiger partial charge on any atom is -0.339 e. The summed E-state index contributed by atoms with van der Waals surface area (Å²) < 4.78 is 0. The number of hydrogen-bond donors (Lipinski definition) is 2. The van der Waals surface area contributed by atoms with Crippen molar-refractivity contribution in [3.63, 3.8) is 0 Å². The van der Waals surface area contributed by atoms with E-state index in [1.54, 1.807) is 5.48 Å². The average Bonchev–Trinajstić information content (AvgIpc) is 2.79. The third-order valence-electron chi connectivity index (χ3n) is 4.95. The van der Waals surface area contributed by atoms with Gasteiger partial charge in [-0.3, -0.25) is 10.0 Å². The van der Waals surface area contributed by atoms with Crippen molar-refractivity contribution in [3.05, 3.63) is 71.9 Å². The highest BCUT2D eigenvalue weighted by atomic mass is 35.5. The van der Waals surface area contributed by atoms with E-state index in [0.29, 0.717) is 11.4 Å². The van der Waals surface area contributed by atoms with Crippen LogP contribution in [0.4, 0.5) is 11.4 Å². The molecule has 1 aliphatic rings. The maximum absolute atomic E-state index is 11.1. The predicted molar refractivity (Wildman–Crippen MR) is 121 cm³/mol. The fraction of sp³-hybridized carbons (Fsp3) is 0.304. The number of halogens is 1. The number of nitrogens with zero attached hydrogens (tertiary/aromatic N) is 3. The lowest BCUT2D eigenvalue weighted by atomic mass is 10.1. The normalized spacial score (nSPS) is 15.3. The molecule has 1 amide bonds. The number of nitrogens with one attached hydrogen (secondary N) is 1. The Kier molecular flexibility index (Phi) is 8.30. The molecule has 0 aromatic heterocycles. The van der Waals surface area contributed by atoms with Crippen LogP contribution in [0.25, 0.3) is 0 Å². The van der Waals surface area contributed by atoms with Crippen LogP contribution in [0.5, 0.6) is 0 Å². The highest BCUT2D eigenvalue weighted by Crippen LogP contribution is 2.35. The summed E-state index contributed by atoms with van der Waals surface area (Å²) in [6.07, 6.45) is 9.60. The van der Waals surface area contributed by atoms with Crippen molar-refractivity contribution in [2.75, 3.05) is 11.4 Å². The van der Waals surface area contributed by atoms with Crippen LogP contribution in [0.3, 0.4) is 0 Å². The lowest BCUT2D eigenvalue weighted by molar-refractivity contribution is -0.129. The van der Waals surface area contributed by atoms with Gasteiger partial charge in [-0.1, -0.05) is 54.8 Å². The molecule has 1 unspecified atom stereocenters. The minimum absolute atomic E-state index is 0.238. The Balaban J connectivity index is 1.70. The highest BCUT2D eigenvalue weighted by Gasteiger charge is 2.26. The molecule has 2 N–H and O–H groups in total. The van der Waals surface area contributed by atoms with Crippen molar-refractivity contribution in [1.29, 1.82) is 0 Å². The van der Waals surface area contributed by atoms with Gasteiger partial charge < -0.3 is 9.80 Å². The molecule has 2 aromatic rings. The van der Waals surface area contributed by atoms with Crippen LogP contribution in [0.15, 0.2) is 71.9 Å². The van der Waals surface area contributed by atoms with E-state index in [1.165, 1.54) is 0 Å². The number of allylic oxidation sites excluding steroid dienone is 1. The fourth-order valence-corrected chi connectivity index (χ4v) is 3.69. The molecule has 1 heterocycles. The zero-order chi connectivity index (χ0) is 21.2.